The molecular formula is C19H19ClN4O2S2. The topological polar surface area (TPSA) is 62.5 Å². The van der Waals surface area contributed by atoms with Gasteiger partial charge in [0.1, 0.15) is 0 Å². The first kappa shape index (κ1) is 19.3. The van der Waals surface area contributed by atoms with E-state index in [9.17, 15) is 4.79 Å². The summed E-state index contributed by atoms with van der Waals surface area (Å²) in [4.78, 5) is 17.6. The van der Waals surface area contributed by atoms with Gasteiger partial charge in [0.2, 0.25) is 5.91 Å². The zero-order chi connectivity index (χ0) is 19.5. The standard InChI is InChI=1S/C19H19ClN4O2S2/c1-13-5-10-27-17(13)18-21-22-19(26-18)28-12-16(25)24-8-6-23(7-9-24)15-4-2-3-14(20)11-15/h2-5,10-11H,6-9,12H2,1H3. The number of rotatable bonds is 5. The SMILES string of the molecule is Cc1ccsc1-c1nnc(SCC(=O)N2CCN(c3cccc(Cl)c3)CC2)o1. The lowest BCUT2D eigenvalue weighted by Crippen LogP contribution is -2.49. The molecule has 0 unspecified atom stereocenters. The largest absolute Gasteiger partial charge is 0.410 e. The summed E-state index contributed by atoms with van der Waals surface area (Å²) in [5, 5.41) is 11.3. The Morgan fingerprint density at radius 3 is 2.79 bits per heavy atom. The number of thioether (sulfide) groups is 1. The Kier molecular flexibility index (Phi) is 5.89. The highest BCUT2D eigenvalue weighted by Crippen LogP contribution is 2.30. The Hall–Kier alpha value is -2.03. The molecule has 0 radical (unpaired) electrons. The highest BCUT2D eigenvalue weighted by molar-refractivity contribution is 7.99. The van der Waals surface area contributed by atoms with Crippen molar-refractivity contribution in [2.24, 2.45) is 0 Å². The molecule has 0 bridgehead atoms. The summed E-state index contributed by atoms with van der Waals surface area (Å²) >= 11 is 8.93. The quantitative estimate of drug-likeness (QED) is 0.561. The minimum absolute atomic E-state index is 0.0859. The number of hydrogen-bond donors (Lipinski definition) is 0. The van der Waals surface area contributed by atoms with Crippen LogP contribution in [0.4, 0.5) is 5.69 Å². The molecule has 1 saturated heterocycles. The Labute approximate surface area is 176 Å². The number of hydrogen-bond acceptors (Lipinski definition) is 7. The van der Waals surface area contributed by atoms with Gasteiger partial charge in [0, 0.05) is 36.9 Å². The molecule has 1 aromatic carbocycles. The monoisotopic (exact) mass is 434 g/mol. The molecule has 3 heterocycles. The van der Waals surface area contributed by atoms with Crippen molar-refractivity contribution in [2.75, 3.05) is 36.8 Å². The van der Waals surface area contributed by atoms with E-state index in [1.165, 1.54) is 11.8 Å². The number of nitrogens with zero attached hydrogens (tertiary/aromatic N) is 4. The van der Waals surface area contributed by atoms with Crippen molar-refractivity contribution in [1.29, 1.82) is 0 Å². The summed E-state index contributed by atoms with van der Waals surface area (Å²) < 4.78 is 5.69. The summed E-state index contributed by atoms with van der Waals surface area (Å²) in [5.74, 6) is 0.891. The molecule has 0 N–H and O–H groups in total. The molecule has 1 aliphatic rings. The second-order valence-corrected chi connectivity index (χ2v) is 8.72. The van der Waals surface area contributed by atoms with Crippen molar-refractivity contribution in [3.8, 4) is 10.8 Å². The van der Waals surface area contributed by atoms with Crippen LogP contribution in [-0.2, 0) is 4.79 Å². The van der Waals surface area contributed by atoms with E-state index in [0.717, 1.165) is 34.2 Å². The molecule has 4 rings (SSSR count). The second kappa shape index (κ2) is 8.55. The van der Waals surface area contributed by atoms with Gasteiger partial charge in [-0.25, -0.2) is 0 Å². The van der Waals surface area contributed by atoms with Crippen molar-refractivity contribution >= 4 is 46.3 Å². The third kappa shape index (κ3) is 4.34. The van der Waals surface area contributed by atoms with Crippen LogP contribution in [0.2, 0.25) is 5.02 Å². The average molecular weight is 435 g/mol. The number of carbonyl (C=O) groups is 1. The van der Waals surface area contributed by atoms with Crippen molar-refractivity contribution in [3.63, 3.8) is 0 Å². The Morgan fingerprint density at radius 2 is 2.07 bits per heavy atom. The normalized spacial score (nSPS) is 14.5. The van der Waals surface area contributed by atoms with Gasteiger partial charge in [-0.3, -0.25) is 4.79 Å². The number of thiophene rings is 1. The van der Waals surface area contributed by atoms with Crippen molar-refractivity contribution in [2.45, 2.75) is 12.1 Å². The molecule has 1 fully saturated rings. The first-order valence-electron chi connectivity index (χ1n) is 8.89. The fraction of sp³-hybridized carbons (Fsp3) is 0.316. The van der Waals surface area contributed by atoms with Gasteiger partial charge in [-0.1, -0.05) is 29.4 Å². The van der Waals surface area contributed by atoms with Crippen LogP contribution in [0.5, 0.6) is 0 Å². The zero-order valence-electron chi connectivity index (χ0n) is 15.3. The first-order valence-corrected chi connectivity index (χ1v) is 11.1. The fourth-order valence-corrected chi connectivity index (χ4v) is 4.75. The van der Waals surface area contributed by atoms with E-state index in [2.05, 4.69) is 15.1 Å². The van der Waals surface area contributed by atoms with Gasteiger partial charge >= 0.3 is 0 Å². The smallest absolute Gasteiger partial charge is 0.277 e. The predicted molar refractivity (Wildman–Crippen MR) is 113 cm³/mol. The van der Waals surface area contributed by atoms with Crippen LogP contribution in [0.3, 0.4) is 0 Å². The van der Waals surface area contributed by atoms with Crippen LogP contribution in [0.15, 0.2) is 45.4 Å². The molecule has 3 aromatic rings. The molecular weight excluding hydrogens is 416 g/mol. The number of carbonyl (C=O) groups excluding carboxylic acids is 1. The number of piperazine rings is 1. The van der Waals surface area contributed by atoms with E-state index < -0.39 is 0 Å². The van der Waals surface area contributed by atoms with Crippen molar-refractivity contribution in [1.82, 2.24) is 15.1 Å². The molecule has 28 heavy (non-hydrogen) atoms. The summed E-state index contributed by atoms with van der Waals surface area (Å²) in [6, 6.07) is 9.83. The first-order chi connectivity index (χ1) is 13.6. The maximum absolute atomic E-state index is 12.5. The average Bonchev–Trinajstić information content (AvgIpc) is 3.35. The lowest BCUT2D eigenvalue weighted by atomic mass is 10.2. The summed E-state index contributed by atoms with van der Waals surface area (Å²) in [5.41, 5.74) is 2.20. The molecule has 0 spiro atoms. The van der Waals surface area contributed by atoms with Crippen LogP contribution < -0.4 is 4.90 Å². The van der Waals surface area contributed by atoms with E-state index in [4.69, 9.17) is 16.0 Å². The third-order valence-electron chi connectivity index (χ3n) is 4.59. The maximum Gasteiger partial charge on any atom is 0.277 e. The number of aromatic nitrogens is 2. The van der Waals surface area contributed by atoms with Crippen LogP contribution >= 0.6 is 34.7 Å². The molecule has 146 valence electrons. The van der Waals surface area contributed by atoms with Gasteiger partial charge < -0.3 is 14.2 Å². The van der Waals surface area contributed by atoms with Gasteiger partial charge in [-0.15, -0.1) is 21.5 Å². The van der Waals surface area contributed by atoms with Gasteiger partial charge in [0.05, 0.1) is 10.6 Å². The lowest BCUT2D eigenvalue weighted by Gasteiger charge is -2.36. The van der Waals surface area contributed by atoms with Crippen molar-refractivity contribution < 1.29 is 9.21 Å². The Balaban J connectivity index is 1.28. The van der Waals surface area contributed by atoms with Crippen LogP contribution in [0.1, 0.15) is 5.56 Å². The zero-order valence-corrected chi connectivity index (χ0v) is 17.7. The molecule has 0 aliphatic carbocycles. The van der Waals surface area contributed by atoms with Gasteiger partial charge in [0.15, 0.2) is 0 Å². The second-order valence-electron chi connectivity index (χ2n) is 6.44. The number of aryl methyl sites for hydroxylation is 1. The van der Waals surface area contributed by atoms with E-state index in [-0.39, 0.29) is 5.91 Å². The highest BCUT2D eigenvalue weighted by atomic mass is 35.5. The van der Waals surface area contributed by atoms with E-state index in [0.29, 0.717) is 30.0 Å². The molecule has 9 heteroatoms. The van der Waals surface area contributed by atoms with Crippen LogP contribution in [-0.4, -0.2) is 52.9 Å². The summed E-state index contributed by atoms with van der Waals surface area (Å²) in [6.07, 6.45) is 0. The summed E-state index contributed by atoms with van der Waals surface area (Å²) in [7, 11) is 0. The maximum atomic E-state index is 12.5. The van der Waals surface area contributed by atoms with Crippen LogP contribution in [0, 0.1) is 6.92 Å². The van der Waals surface area contributed by atoms with E-state index in [1.807, 2.05) is 47.5 Å². The van der Waals surface area contributed by atoms with Gasteiger partial charge in [0.25, 0.3) is 11.1 Å². The van der Waals surface area contributed by atoms with Gasteiger partial charge in [-0.2, -0.15) is 0 Å². The molecule has 2 aromatic heterocycles. The molecule has 6 nitrogen and oxygen atoms in total. The van der Waals surface area contributed by atoms with Gasteiger partial charge in [-0.05, 0) is 42.1 Å². The number of halogens is 1. The molecule has 0 atom stereocenters. The molecule has 1 amide bonds. The van der Waals surface area contributed by atoms with E-state index >= 15 is 0 Å². The predicted octanol–water partition coefficient (Wildman–Crippen LogP) is 4.20. The summed E-state index contributed by atoms with van der Waals surface area (Å²) in [6.45, 7) is 4.97. The molecule has 0 saturated carbocycles. The van der Waals surface area contributed by atoms with Crippen LogP contribution in [0.25, 0.3) is 10.8 Å². The number of benzene rings is 1. The van der Waals surface area contributed by atoms with Crippen molar-refractivity contribution in [3.05, 3.63) is 46.3 Å². The third-order valence-corrected chi connectivity index (χ3v) is 6.63. The lowest BCUT2D eigenvalue weighted by molar-refractivity contribution is -0.128. The minimum Gasteiger partial charge on any atom is -0.410 e. The number of amides is 1. The molecule has 1 aliphatic heterocycles. The Morgan fingerprint density at radius 1 is 1.25 bits per heavy atom. The minimum atomic E-state index is 0.0859. The number of anilines is 1. The highest BCUT2D eigenvalue weighted by Gasteiger charge is 2.22. The fourth-order valence-electron chi connectivity index (χ4n) is 3.05. The Bertz CT molecular complexity index is 966. The van der Waals surface area contributed by atoms with E-state index in [1.54, 1.807) is 11.3 Å².